The maximum Gasteiger partial charge on any atom is 0.200 e. The summed E-state index contributed by atoms with van der Waals surface area (Å²) in [7, 11) is 1.43. The molecule has 2 aromatic carbocycles. The van der Waals surface area contributed by atoms with Crippen LogP contribution in [0.5, 0.6) is 11.5 Å². The topological polar surface area (TPSA) is 89.1 Å². The van der Waals surface area contributed by atoms with Crippen LogP contribution in [0.25, 0.3) is 22.1 Å². The van der Waals surface area contributed by atoms with E-state index in [2.05, 4.69) is 5.18 Å². The second-order valence-electron chi connectivity index (χ2n) is 4.64. The molecule has 0 radical (unpaired) electrons. The summed E-state index contributed by atoms with van der Waals surface area (Å²) in [6.45, 7) is 0. The summed E-state index contributed by atoms with van der Waals surface area (Å²) < 4.78 is 10.5. The van der Waals surface area contributed by atoms with Crippen molar-refractivity contribution in [3.63, 3.8) is 0 Å². The summed E-state index contributed by atoms with van der Waals surface area (Å²) in [5.74, 6) is 0.246. The van der Waals surface area contributed by atoms with Gasteiger partial charge in [-0.3, -0.25) is 4.79 Å². The summed E-state index contributed by atoms with van der Waals surface area (Å²) in [5, 5.41) is 12.8. The van der Waals surface area contributed by atoms with E-state index in [1.54, 1.807) is 12.1 Å². The van der Waals surface area contributed by atoms with Gasteiger partial charge in [-0.15, -0.1) is 4.91 Å². The molecule has 0 saturated carbocycles. The van der Waals surface area contributed by atoms with E-state index < -0.39 is 0 Å². The largest absolute Gasteiger partial charge is 0.504 e. The molecule has 0 aliphatic heterocycles. The summed E-state index contributed by atoms with van der Waals surface area (Å²) in [6, 6.07) is 8.95. The molecule has 0 saturated heterocycles. The molecule has 0 aliphatic rings. The number of fused-ring (bicyclic) bond motifs is 1. The second kappa shape index (κ2) is 5.33. The number of nitrogens with zero attached hydrogens (tertiary/aromatic N) is 1. The number of hydrogen-bond acceptors (Lipinski definition) is 6. The minimum Gasteiger partial charge on any atom is -0.504 e. The third-order valence-corrected chi connectivity index (χ3v) is 3.35. The molecule has 3 aromatic rings. The van der Waals surface area contributed by atoms with Gasteiger partial charge in [-0.25, -0.2) is 0 Å². The predicted molar refractivity (Wildman–Crippen MR) is 81.6 cm³/mol. The molecular weight excluding hydrogens is 286 g/mol. The summed E-state index contributed by atoms with van der Waals surface area (Å²) in [4.78, 5) is 23.1. The molecule has 6 nitrogen and oxygen atoms in total. The van der Waals surface area contributed by atoms with Crippen molar-refractivity contribution in [1.82, 2.24) is 0 Å². The minimum atomic E-state index is -0.244. The number of benzene rings is 2. The molecule has 1 heterocycles. The van der Waals surface area contributed by atoms with Gasteiger partial charge < -0.3 is 14.3 Å². The van der Waals surface area contributed by atoms with Crippen LogP contribution >= 0.6 is 0 Å². The van der Waals surface area contributed by atoms with Crippen LogP contribution < -0.4 is 10.2 Å². The monoisotopic (exact) mass is 297 g/mol. The number of ether oxygens (including phenoxy) is 1. The smallest absolute Gasteiger partial charge is 0.200 e. The van der Waals surface area contributed by atoms with Crippen molar-refractivity contribution in [2.45, 2.75) is 0 Å². The molecule has 22 heavy (non-hydrogen) atoms. The van der Waals surface area contributed by atoms with Gasteiger partial charge >= 0.3 is 0 Å². The van der Waals surface area contributed by atoms with Crippen LogP contribution in [0.2, 0.25) is 0 Å². The van der Waals surface area contributed by atoms with Crippen molar-refractivity contribution >= 4 is 16.7 Å². The normalized spacial score (nSPS) is 10.6. The average molecular weight is 297 g/mol. The highest BCUT2D eigenvalue weighted by Crippen LogP contribution is 2.31. The fourth-order valence-corrected chi connectivity index (χ4v) is 2.22. The van der Waals surface area contributed by atoms with Gasteiger partial charge in [0.2, 0.25) is 0 Å². The molecule has 0 aliphatic carbocycles. The van der Waals surface area contributed by atoms with Crippen molar-refractivity contribution < 1.29 is 14.3 Å². The Hall–Kier alpha value is -3.15. The lowest BCUT2D eigenvalue weighted by atomic mass is 10.0. The SMILES string of the molecule is COc1cc(-c2coc3cc(N=O)ccc3c2=O)ccc1O. The number of phenolic OH excluding ortho intramolecular Hbond substituents is 1. The maximum absolute atomic E-state index is 12.5. The Kier molecular flexibility index (Phi) is 3.34. The summed E-state index contributed by atoms with van der Waals surface area (Å²) >= 11 is 0. The number of rotatable bonds is 3. The van der Waals surface area contributed by atoms with Crippen molar-refractivity contribution in [3.8, 4) is 22.6 Å². The van der Waals surface area contributed by atoms with Crippen LogP contribution in [0, 0.1) is 4.91 Å². The first-order chi connectivity index (χ1) is 10.6. The first-order valence-corrected chi connectivity index (χ1v) is 6.40. The fourth-order valence-electron chi connectivity index (χ4n) is 2.22. The van der Waals surface area contributed by atoms with E-state index in [0.29, 0.717) is 16.5 Å². The molecule has 1 aromatic heterocycles. The summed E-state index contributed by atoms with van der Waals surface area (Å²) in [5.41, 5.74) is 1.12. The second-order valence-corrected chi connectivity index (χ2v) is 4.64. The highest BCUT2D eigenvalue weighted by molar-refractivity contribution is 5.84. The van der Waals surface area contributed by atoms with E-state index in [0.717, 1.165) is 0 Å². The molecule has 0 fully saturated rings. The Morgan fingerprint density at radius 3 is 2.73 bits per heavy atom. The van der Waals surface area contributed by atoms with Gasteiger partial charge in [0.05, 0.1) is 18.1 Å². The van der Waals surface area contributed by atoms with Gasteiger partial charge in [-0.2, -0.15) is 0 Å². The minimum absolute atomic E-state index is 0.0156. The van der Waals surface area contributed by atoms with Crippen LogP contribution in [0.4, 0.5) is 5.69 Å². The number of phenols is 1. The van der Waals surface area contributed by atoms with E-state index in [1.807, 2.05) is 0 Å². The highest BCUT2D eigenvalue weighted by Gasteiger charge is 2.12. The van der Waals surface area contributed by atoms with Crippen molar-refractivity contribution in [1.29, 1.82) is 0 Å². The molecular formula is C16H11NO5. The molecule has 0 amide bonds. The van der Waals surface area contributed by atoms with Crippen LogP contribution in [-0.4, -0.2) is 12.2 Å². The molecule has 3 rings (SSSR count). The Labute approximate surface area is 124 Å². The quantitative estimate of drug-likeness (QED) is 0.746. The molecule has 0 unspecified atom stereocenters. The lowest BCUT2D eigenvalue weighted by Gasteiger charge is -2.07. The van der Waals surface area contributed by atoms with Gasteiger partial charge in [0.25, 0.3) is 0 Å². The zero-order valence-corrected chi connectivity index (χ0v) is 11.6. The number of aromatic hydroxyl groups is 1. The zero-order chi connectivity index (χ0) is 15.7. The van der Waals surface area contributed by atoms with E-state index in [9.17, 15) is 14.8 Å². The lowest BCUT2D eigenvalue weighted by molar-refractivity contribution is 0.373. The molecule has 1 N–H and O–H groups in total. The number of nitroso groups, excluding NO2 is 1. The third-order valence-electron chi connectivity index (χ3n) is 3.35. The Bertz CT molecular complexity index is 929. The molecule has 0 atom stereocenters. The lowest BCUT2D eigenvalue weighted by Crippen LogP contribution is -2.04. The van der Waals surface area contributed by atoms with Crippen LogP contribution in [0.1, 0.15) is 0 Å². The zero-order valence-electron chi connectivity index (χ0n) is 11.6. The Morgan fingerprint density at radius 2 is 2.00 bits per heavy atom. The van der Waals surface area contributed by atoms with Gasteiger partial charge in [-0.1, -0.05) is 6.07 Å². The molecule has 6 heteroatoms. The van der Waals surface area contributed by atoms with Crippen molar-refractivity contribution in [2.75, 3.05) is 7.11 Å². The third kappa shape index (κ3) is 2.20. The average Bonchev–Trinajstić information content (AvgIpc) is 2.55. The van der Waals surface area contributed by atoms with E-state index in [-0.39, 0.29) is 28.2 Å². The van der Waals surface area contributed by atoms with Crippen LogP contribution in [0.15, 0.2) is 57.0 Å². The maximum atomic E-state index is 12.5. The Morgan fingerprint density at radius 1 is 1.18 bits per heavy atom. The van der Waals surface area contributed by atoms with Crippen molar-refractivity contribution in [2.24, 2.45) is 5.18 Å². The van der Waals surface area contributed by atoms with E-state index >= 15 is 0 Å². The van der Waals surface area contributed by atoms with E-state index in [4.69, 9.17) is 9.15 Å². The molecule has 0 spiro atoms. The van der Waals surface area contributed by atoms with Crippen LogP contribution in [0.3, 0.4) is 0 Å². The fraction of sp³-hybridized carbons (Fsp3) is 0.0625. The number of methoxy groups -OCH3 is 1. The molecule has 110 valence electrons. The van der Waals surface area contributed by atoms with Crippen LogP contribution in [-0.2, 0) is 0 Å². The standard InChI is InChI=1S/C16H11NO5/c1-21-15-6-9(2-5-13(15)18)12-8-22-14-7-10(17-20)3-4-11(14)16(12)19/h2-8,18H,1H3. The Balaban J connectivity index is 2.22. The van der Waals surface area contributed by atoms with Gasteiger partial charge in [0.15, 0.2) is 16.9 Å². The van der Waals surface area contributed by atoms with Gasteiger partial charge in [0, 0.05) is 6.07 Å². The van der Waals surface area contributed by atoms with E-state index in [1.165, 1.54) is 37.6 Å². The van der Waals surface area contributed by atoms with Gasteiger partial charge in [-0.05, 0) is 35.0 Å². The molecule has 0 bridgehead atoms. The van der Waals surface area contributed by atoms with Gasteiger partial charge in [0.1, 0.15) is 17.5 Å². The van der Waals surface area contributed by atoms with Crippen molar-refractivity contribution in [3.05, 3.63) is 57.8 Å². The predicted octanol–water partition coefficient (Wildman–Crippen LogP) is 3.57. The summed E-state index contributed by atoms with van der Waals surface area (Å²) in [6.07, 6.45) is 1.31. The first kappa shape index (κ1) is 13.8. The number of hydrogen-bond donors (Lipinski definition) is 1. The highest BCUT2D eigenvalue weighted by atomic mass is 16.5. The first-order valence-electron chi connectivity index (χ1n) is 6.40.